The molecular weight excluding hydrogens is 194 g/mol. The van der Waals surface area contributed by atoms with Gasteiger partial charge in [-0.15, -0.1) is 0 Å². The Morgan fingerprint density at radius 2 is 2.00 bits per heavy atom. The van der Waals surface area contributed by atoms with Gasteiger partial charge in [-0.2, -0.15) is 12.6 Å². The van der Waals surface area contributed by atoms with Gasteiger partial charge in [-0.25, -0.2) is 0 Å². The second-order valence-corrected chi connectivity index (χ2v) is 4.30. The van der Waals surface area contributed by atoms with Crippen molar-refractivity contribution in [3.05, 3.63) is 0 Å². The quantitative estimate of drug-likeness (QED) is 0.411. The number of aliphatic hydroxyl groups is 1. The van der Waals surface area contributed by atoms with Crippen LogP contribution >= 0.6 is 12.6 Å². The standard InChI is InChI=1S/C11H25NOS/c1-3-6-10(4-2)9-12-11(13)7-5-8-14/h10-14H,3-9H2,1-2H3. The molecule has 14 heavy (non-hydrogen) atoms. The van der Waals surface area contributed by atoms with Gasteiger partial charge in [0, 0.05) is 6.54 Å². The van der Waals surface area contributed by atoms with E-state index in [2.05, 4.69) is 31.8 Å². The molecule has 0 radical (unpaired) electrons. The number of nitrogens with one attached hydrogen (secondary N) is 1. The third-order valence-corrected chi connectivity index (χ3v) is 2.87. The summed E-state index contributed by atoms with van der Waals surface area (Å²) in [5.74, 6) is 1.57. The maximum absolute atomic E-state index is 9.55. The van der Waals surface area contributed by atoms with Gasteiger partial charge in [-0.05, 0) is 30.9 Å². The Kier molecular flexibility index (Phi) is 10.0. The van der Waals surface area contributed by atoms with E-state index in [0.717, 1.165) is 25.1 Å². The molecule has 2 atom stereocenters. The van der Waals surface area contributed by atoms with Crippen LogP contribution in [0, 0.1) is 5.92 Å². The fraction of sp³-hybridized carbons (Fsp3) is 1.00. The summed E-state index contributed by atoms with van der Waals surface area (Å²) >= 11 is 4.12. The fourth-order valence-electron chi connectivity index (χ4n) is 1.55. The Morgan fingerprint density at radius 1 is 1.29 bits per heavy atom. The molecule has 0 saturated heterocycles. The van der Waals surface area contributed by atoms with Crippen molar-refractivity contribution in [2.75, 3.05) is 12.3 Å². The molecular formula is C11H25NOS. The zero-order valence-electron chi connectivity index (χ0n) is 9.50. The molecule has 3 heteroatoms. The van der Waals surface area contributed by atoms with Crippen LogP contribution in [0.25, 0.3) is 0 Å². The highest BCUT2D eigenvalue weighted by Crippen LogP contribution is 2.09. The average molecular weight is 219 g/mol. The fourth-order valence-corrected chi connectivity index (χ4v) is 1.73. The van der Waals surface area contributed by atoms with E-state index in [1.54, 1.807) is 0 Å². The molecule has 0 heterocycles. The minimum Gasteiger partial charge on any atom is -0.379 e. The van der Waals surface area contributed by atoms with E-state index in [0.29, 0.717) is 5.92 Å². The maximum Gasteiger partial charge on any atom is 0.104 e. The van der Waals surface area contributed by atoms with Crippen molar-refractivity contribution in [3.63, 3.8) is 0 Å². The van der Waals surface area contributed by atoms with Crippen LogP contribution in [0.4, 0.5) is 0 Å². The molecule has 0 aromatic carbocycles. The van der Waals surface area contributed by atoms with Crippen LogP contribution in [-0.4, -0.2) is 23.6 Å². The summed E-state index contributed by atoms with van der Waals surface area (Å²) in [5.41, 5.74) is 0. The highest BCUT2D eigenvalue weighted by molar-refractivity contribution is 7.80. The smallest absolute Gasteiger partial charge is 0.104 e. The summed E-state index contributed by atoms with van der Waals surface area (Å²) in [5, 5.41) is 12.7. The van der Waals surface area contributed by atoms with E-state index < -0.39 is 0 Å². The summed E-state index contributed by atoms with van der Waals surface area (Å²) in [4.78, 5) is 0. The molecule has 2 N–H and O–H groups in total. The molecule has 86 valence electrons. The van der Waals surface area contributed by atoms with Crippen molar-refractivity contribution in [2.45, 2.75) is 52.2 Å². The summed E-state index contributed by atoms with van der Waals surface area (Å²) < 4.78 is 0. The Labute approximate surface area is 93.9 Å². The van der Waals surface area contributed by atoms with Gasteiger partial charge in [0.1, 0.15) is 6.23 Å². The lowest BCUT2D eigenvalue weighted by atomic mass is 10.0. The van der Waals surface area contributed by atoms with Crippen LogP contribution in [0.15, 0.2) is 0 Å². The monoisotopic (exact) mass is 219 g/mol. The van der Waals surface area contributed by atoms with Crippen LogP contribution in [0.3, 0.4) is 0 Å². The van der Waals surface area contributed by atoms with Gasteiger partial charge < -0.3 is 5.11 Å². The average Bonchev–Trinajstić information content (AvgIpc) is 2.21. The largest absolute Gasteiger partial charge is 0.379 e. The lowest BCUT2D eigenvalue weighted by Crippen LogP contribution is -2.33. The zero-order chi connectivity index (χ0) is 10.8. The number of rotatable bonds is 9. The molecule has 2 nitrogen and oxygen atoms in total. The van der Waals surface area contributed by atoms with E-state index in [-0.39, 0.29) is 6.23 Å². The van der Waals surface area contributed by atoms with Crippen LogP contribution in [0.2, 0.25) is 0 Å². The SMILES string of the molecule is CCCC(CC)CNC(O)CCCS. The highest BCUT2D eigenvalue weighted by atomic mass is 32.1. The summed E-state index contributed by atoms with van der Waals surface area (Å²) in [7, 11) is 0. The molecule has 0 rings (SSSR count). The Morgan fingerprint density at radius 3 is 2.50 bits per heavy atom. The molecule has 0 aromatic rings. The van der Waals surface area contributed by atoms with Gasteiger partial charge >= 0.3 is 0 Å². The number of thiol groups is 1. The van der Waals surface area contributed by atoms with Gasteiger partial charge in [0.2, 0.25) is 0 Å². The van der Waals surface area contributed by atoms with Crippen LogP contribution < -0.4 is 5.32 Å². The number of aliphatic hydroxyl groups excluding tert-OH is 1. The predicted molar refractivity (Wildman–Crippen MR) is 65.8 cm³/mol. The van der Waals surface area contributed by atoms with E-state index in [1.807, 2.05) is 0 Å². The van der Waals surface area contributed by atoms with Crippen molar-refractivity contribution < 1.29 is 5.11 Å². The lowest BCUT2D eigenvalue weighted by molar-refractivity contribution is 0.120. The molecule has 0 saturated carbocycles. The summed E-state index contributed by atoms with van der Waals surface area (Å²) in [6, 6.07) is 0. The van der Waals surface area contributed by atoms with E-state index in [1.165, 1.54) is 19.3 Å². The van der Waals surface area contributed by atoms with E-state index in [9.17, 15) is 5.11 Å². The Balaban J connectivity index is 3.46. The van der Waals surface area contributed by atoms with Crippen molar-refractivity contribution in [2.24, 2.45) is 5.92 Å². The van der Waals surface area contributed by atoms with E-state index >= 15 is 0 Å². The maximum atomic E-state index is 9.55. The second kappa shape index (κ2) is 9.81. The molecule has 0 bridgehead atoms. The van der Waals surface area contributed by atoms with Crippen molar-refractivity contribution in [3.8, 4) is 0 Å². The predicted octanol–water partition coefficient (Wildman–Crippen LogP) is 2.43. The van der Waals surface area contributed by atoms with Gasteiger partial charge in [0.15, 0.2) is 0 Å². The lowest BCUT2D eigenvalue weighted by Gasteiger charge is -2.18. The Hall–Kier alpha value is 0.270. The van der Waals surface area contributed by atoms with Gasteiger partial charge in [0.25, 0.3) is 0 Å². The first-order valence-corrected chi connectivity index (χ1v) is 6.40. The van der Waals surface area contributed by atoms with Crippen LogP contribution in [0.1, 0.15) is 46.0 Å². The Bertz CT molecular complexity index is 122. The second-order valence-electron chi connectivity index (χ2n) is 3.85. The summed E-state index contributed by atoms with van der Waals surface area (Å²) in [6.07, 6.45) is 5.12. The first-order chi connectivity index (χ1) is 6.74. The van der Waals surface area contributed by atoms with Crippen molar-refractivity contribution >= 4 is 12.6 Å². The van der Waals surface area contributed by atoms with E-state index in [4.69, 9.17) is 0 Å². The van der Waals surface area contributed by atoms with Crippen molar-refractivity contribution in [1.29, 1.82) is 0 Å². The third kappa shape index (κ3) is 7.65. The molecule has 0 amide bonds. The normalized spacial score (nSPS) is 15.4. The third-order valence-electron chi connectivity index (χ3n) is 2.55. The topological polar surface area (TPSA) is 32.3 Å². The van der Waals surface area contributed by atoms with Gasteiger partial charge in [-0.3, -0.25) is 5.32 Å². The number of hydrogen-bond acceptors (Lipinski definition) is 3. The molecule has 2 unspecified atom stereocenters. The molecule has 0 aliphatic heterocycles. The first kappa shape index (κ1) is 14.3. The van der Waals surface area contributed by atoms with Gasteiger partial charge in [-0.1, -0.05) is 26.7 Å². The van der Waals surface area contributed by atoms with Gasteiger partial charge in [0.05, 0.1) is 0 Å². The van der Waals surface area contributed by atoms with Crippen LogP contribution in [-0.2, 0) is 0 Å². The highest BCUT2D eigenvalue weighted by Gasteiger charge is 2.07. The zero-order valence-corrected chi connectivity index (χ0v) is 10.4. The number of hydrogen-bond donors (Lipinski definition) is 3. The minimum atomic E-state index is -0.340. The minimum absolute atomic E-state index is 0.340. The molecule has 0 fully saturated rings. The molecule has 0 spiro atoms. The molecule has 0 aliphatic carbocycles. The molecule has 0 aliphatic rings. The van der Waals surface area contributed by atoms with Crippen LogP contribution in [0.5, 0.6) is 0 Å². The summed E-state index contributed by atoms with van der Waals surface area (Å²) in [6.45, 7) is 5.36. The first-order valence-electron chi connectivity index (χ1n) is 5.76. The molecule has 0 aromatic heterocycles. The van der Waals surface area contributed by atoms with Crippen molar-refractivity contribution in [1.82, 2.24) is 5.32 Å².